The molecule has 0 spiro atoms. The second kappa shape index (κ2) is 10.1. The monoisotopic (exact) mass is 484 g/mol. The Kier molecular flexibility index (Phi) is 7.05. The highest BCUT2D eigenvalue weighted by molar-refractivity contribution is 7.91. The van der Waals surface area contributed by atoms with E-state index in [1.807, 2.05) is 37.4 Å². The number of thiazole rings is 1. The lowest BCUT2D eigenvalue weighted by molar-refractivity contribution is -0.118. The molecule has 0 aliphatic heterocycles. The summed E-state index contributed by atoms with van der Waals surface area (Å²) in [5.74, 6) is 0.0748. The summed E-state index contributed by atoms with van der Waals surface area (Å²) in [5.41, 5.74) is 0.688. The van der Waals surface area contributed by atoms with Crippen molar-refractivity contribution in [2.45, 2.75) is 24.8 Å². The summed E-state index contributed by atoms with van der Waals surface area (Å²) in [6.07, 6.45) is 3.34. The van der Waals surface area contributed by atoms with Crippen molar-refractivity contribution in [1.82, 2.24) is 14.8 Å². The Morgan fingerprint density at radius 1 is 1.12 bits per heavy atom. The molecule has 0 fully saturated rings. The van der Waals surface area contributed by atoms with E-state index in [1.165, 1.54) is 23.5 Å². The van der Waals surface area contributed by atoms with Gasteiger partial charge in [-0.2, -0.15) is 5.10 Å². The maximum atomic E-state index is 13.2. The number of rotatable bonds is 10. The van der Waals surface area contributed by atoms with E-state index in [-0.39, 0.29) is 23.0 Å². The minimum Gasteiger partial charge on any atom is -0.492 e. The predicted molar refractivity (Wildman–Crippen MR) is 128 cm³/mol. The molecular formula is C23H24N4O4S2. The van der Waals surface area contributed by atoms with E-state index in [0.29, 0.717) is 36.1 Å². The fourth-order valence-electron chi connectivity index (χ4n) is 3.36. The van der Waals surface area contributed by atoms with Crippen LogP contribution >= 0.6 is 11.3 Å². The molecule has 4 rings (SSSR count). The zero-order valence-electron chi connectivity index (χ0n) is 18.1. The smallest absolute Gasteiger partial charge is 0.229 e. The number of para-hydroxylation sites is 1. The minimum atomic E-state index is -3.57. The average molecular weight is 485 g/mol. The molecule has 0 aliphatic rings. The van der Waals surface area contributed by atoms with Crippen LogP contribution in [0.4, 0.5) is 5.13 Å². The van der Waals surface area contributed by atoms with Crippen molar-refractivity contribution in [1.29, 1.82) is 0 Å². The van der Waals surface area contributed by atoms with Gasteiger partial charge in [0.25, 0.3) is 0 Å². The molecule has 0 atom stereocenters. The van der Waals surface area contributed by atoms with E-state index < -0.39 is 9.84 Å². The molecule has 0 bridgehead atoms. The summed E-state index contributed by atoms with van der Waals surface area (Å²) in [4.78, 5) is 19.7. The number of carbonyl (C=O) groups is 1. The van der Waals surface area contributed by atoms with Gasteiger partial charge in [-0.25, -0.2) is 13.4 Å². The first-order chi connectivity index (χ1) is 16.0. The summed E-state index contributed by atoms with van der Waals surface area (Å²) in [5, 5.41) is 4.70. The van der Waals surface area contributed by atoms with Gasteiger partial charge >= 0.3 is 0 Å². The Labute approximate surface area is 196 Å². The fourth-order valence-corrected chi connectivity index (χ4v) is 5.64. The van der Waals surface area contributed by atoms with Crippen molar-refractivity contribution in [2.24, 2.45) is 0 Å². The third kappa shape index (κ3) is 5.40. The average Bonchev–Trinajstić information content (AvgIpc) is 3.49. The molecule has 33 heavy (non-hydrogen) atoms. The van der Waals surface area contributed by atoms with Crippen molar-refractivity contribution < 1.29 is 17.9 Å². The maximum Gasteiger partial charge on any atom is 0.229 e. The standard InChI is InChI=1S/C23H24N4O4S2/c1-2-31-19-10-6-11-20-22(19)25-23(32-20)27(16-15-26-14-7-13-24-26)21(28)12-17-33(29,30)18-8-4-3-5-9-18/h3-11,13-14H,2,12,15-17H2,1H3. The van der Waals surface area contributed by atoms with Crippen LogP contribution in [0.25, 0.3) is 10.2 Å². The number of anilines is 1. The van der Waals surface area contributed by atoms with E-state index in [1.54, 1.807) is 34.0 Å². The van der Waals surface area contributed by atoms with Crippen molar-refractivity contribution >= 4 is 42.4 Å². The minimum absolute atomic E-state index is 0.148. The highest BCUT2D eigenvalue weighted by atomic mass is 32.2. The van der Waals surface area contributed by atoms with E-state index >= 15 is 0 Å². The van der Waals surface area contributed by atoms with Gasteiger partial charge in [0, 0.05) is 25.4 Å². The number of hydrogen-bond acceptors (Lipinski definition) is 7. The van der Waals surface area contributed by atoms with Crippen LogP contribution in [0.3, 0.4) is 0 Å². The van der Waals surface area contributed by atoms with Crippen LogP contribution in [-0.2, 0) is 21.2 Å². The molecule has 2 aromatic heterocycles. The van der Waals surface area contributed by atoms with E-state index in [2.05, 4.69) is 10.1 Å². The zero-order valence-corrected chi connectivity index (χ0v) is 19.8. The molecule has 0 unspecified atom stereocenters. The molecule has 172 valence electrons. The number of sulfone groups is 1. The molecule has 2 aromatic carbocycles. The number of fused-ring (bicyclic) bond motifs is 1. The fraction of sp³-hybridized carbons (Fsp3) is 0.261. The Balaban J connectivity index is 1.58. The molecule has 10 heteroatoms. The molecule has 1 amide bonds. The van der Waals surface area contributed by atoms with E-state index in [4.69, 9.17) is 4.74 Å². The number of amides is 1. The maximum absolute atomic E-state index is 13.2. The van der Waals surface area contributed by atoms with Crippen LogP contribution in [0.15, 0.2) is 71.9 Å². The number of hydrogen-bond donors (Lipinski definition) is 0. The highest BCUT2D eigenvalue weighted by Crippen LogP contribution is 2.34. The third-order valence-corrected chi connectivity index (χ3v) is 7.78. The molecule has 8 nitrogen and oxygen atoms in total. The molecule has 2 heterocycles. The first kappa shape index (κ1) is 22.9. The van der Waals surface area contributed by atoms with Gasteiger partial charge in [0.1, 0.15) is 11.3 Å². The van der Waals surface area contributed by atoms with Gasteiger partial charge in [-0.15, -0.1) is 0 Å². The summed E-state index contributed by atoms with van der Waals surface area (Å²) >= 11 is 1.38. The Bertz CT molecular complexity index is 1320. The molecular weight excluding hydrogens is 460 g/mol. The molecule has 0 saturated heterocycles. The number of ether oxygens (including phenoxy) is 1. The van der Waals surface area contributed by atoms with Crippen LogP contribution in [0.2, 0.25) is 0 Å². The van der Waals surface area contributed by atoms with Crippen molar-refractivity contribution in [2.75, 3.05) is 23.8 Å². The topological polar surface area (TPSA) is 94.4 Å². The van der Waals surface area contributed by atoms with Gasteiger partial charge in [0.15, 0.2) is 15.0 Å². The van der Waals surface area contributed by atoms with Crippen molar-refractivity contribution in [3.8, 4) is 5.75 Å². The van der Waals surface area contributed by atoms with Crippen molar-refractivity contribution in [3.63, 3.8) is 0 Å². The van der Waals surface area contributed by atoms with Gasteiger partial charge in [0.2, 0.25) is 5.91 Å². The van der Waals surface area contributed by atoms with Crippen LogP contribution in [0.1, 0.15) is 13.3 Å². The number of benzene rings is 2. The van der Waals surface area contributed by atoms with E-state index in [0.717, 1.165) is 4.70 Å². The van der Waals surface area contributed by atoms with Crippen LogP contribution in [-0.4, -0.2) is 48.0 Å². The Hall–Kier alpha value is -3.24. The van der Waals surface area contributed by atoms with Crippen LogP contribution in [0, 0.1) is 0 Å². The van der Waals surface area contributed by atoms with Crippen molar-refractivity contribution in [3.05, 3.63) is 67.0 Å². The first-order valence-corrected chi connectivity index (χ1v) is 13.0. The summed E-state index contributed by atoms with van der Waals surface area (Å²) in [6.45, 7) is 3.18. The lowest BCUT2D eigenvalue weighted by Gasteiger charge is -2.20. The lowest BCUT2D eigenvalue weighted by Crippen LogP contribution is -2.35. The third-order valence-electron chi connectivity index (χ3n) is 5.00. The quantitative estimate of drug-likeness (QED) is 0.340. The zero-order chi connectivity index (χ0) is 23.3. The van der Waals surface area contributed by atoms with Crippen LogP contribution in [0.5, 0.6) is 5.75 Å². The van der Waals surface area contributed by atoms with E-state index in [9.17, 15) is 13.2 Å². The molecule has 4 aromatic rings. The van der Waals surface area contributed by atoms with Crippen LogP contribution < -0.4 is 9.64 Å². The van der Waals surface area contributed by atoms with Gasteiger partial charge in [-0.3, -0.25) is 14.4 Å². The molecule has 0 radical (unpaired) electrons. The predicted octanol–water partition coefficient (Wildman–Crippen LogP) is 3.79. The number of nitrogens with zero attached hydrogens (tertiary/aromatic N) is 4. The summed E-state index contributed by atoms with van der Waals surface area (Å²) in [6, 6.07) is 15.6. The normalized spacial score (nSPS) is 11.5. The Morgan fingerprint density at radius 3 is 2.67 bits per heavy atom. The lowest BCUT2D eigenvalue weighted by atomic mass is 10.3. The Morgan fingerprint density at radius 2 is 1.94 bits per heavy atom. The first-order valence-electron chi connectivity index (χ1n) is 10.6. The summed E-state index contributed by atoms with van der Waals surface area (Å²) < 4.78 is 33.7. The SMILES string of the molecule is CCOc1cccc2sc(N(CCn3cccn3)C(=O)CCS(=O)(=O)c3ccccc3)nc12. The molecule has 0 saturated carbocycles. The molecule has 0 N–H and O–H groups in total. The van der Waals surface area contributed by atoms with Gasteiger partial charge in [-0.05, 0) is 37.3 Å². The second-order valence-corrected chi connectivity index (χ2v) is 10.3. The number of aromatic nitrogens is 3. The summed E-state index contributed by atoms with van der Waals surface area (Å²) in [7, 11) is -3.57. The second-order valence-electron chi connectivity index (χ2n) is 7.23. The molecule has 0 aliphatic carbocycles. The highest BCUT2D eigenvalue weighted by Gasteiger charge is 2.24. The van der Waals surface area contributed by atoms with Gasteiger partial charge in [0.05, 0.1) is 28.5 Å². The largest absolute Gasteiger partial charge is 0.492 e. The van der Waals surface area contributed by atoms with Gasteiger partial charge < -0.3 is 4.74 Å². The van der Waals surface area contributed by atoms with Gasteiger partial charge in [-0.1, -0.05) is 35.6 Å². The number of carbonyl (C=O) groups excluding carboxylic acids is 1.